The van der Waals surface area contributed by atoms with E-state index in [4.69, 9.17) is 23.8 Å². The molecule has 0 radical (unpaired) electrons. The molecule has 0 spiro atoms. The summed E-state index contributed by atoms with van der Waals surface area (Å²) in [4.78, 5) is 19.7. The molecule has 5 aromatic carbocycles. The van der Waals surface area contributed by atoms with Gasteiger partial charge in [0.15, 0.2) is 11.6 Å². The van der Waals surface area contributed by atoms with Crippen LogP contribution in [0.4, 0.5) is 0 Å². The summed E-state index contributed by atoms with van der Waals surface area (Å²) < 4.78 is 14.6. The van der Waals surface area contributed by atoms with Crippen molar-refractivity contribution in [3.8, 4) is 28.7 Å². The van der Waals surface area contributed by atoms with Gasteiger partial charge >= 0.3 is 0 Å². The van der Waals surface area contributed by atoms with E-state index >= 15 is 0 Å². The Labute approximate surface area is 255 Å². The van der Waals surface area contributed by atoms with Crippen LogP contribution in [0.2, 0.25) is 0 Å². The first-order valence-corrected chi connectivity index (χ1v) is 14.7. The molecule has 210 valence electrons. The summed E-state index contributed by atoms with van der Waals surface area (Å²) in [7, 11) is 0. The summed E-state index contributed by atoms with van der Waals surface area (Å²) in [6.07, 6.45) is 3.57. The molecule has 0 saturated heterocycles. The number of fused-ring (bicyclic) bond motifs is 9. The molecule has 0 aliphatic carbocycles. The first kappa shape index (κ1) is 24.1. The normalized spacial score (nSPS) is 12.0. The van der Waals surface area contributed by atoms with Gasteiger partial charge in [-0.05, 0) is 42.5 Å². The first-order chi connectivity index (χ1) is 22.3. The zero-order valence-corrected chi connectivity index (χ0v) is 23.7. The van der Waals surface area contributed by atoms with Crippen LogP contribution < -0.4 is 0 Å². The molecule has 0 unspecified atom stereocenters. The van der Waals surface area contributed by atoms with E-state index in [1.54, 1.807) is 6.20 Å². The molecule has 10 aromatic rings. The van der Waals surface area contributed by atoms with Crippen molar-refractivity contribution in [1.82, 2.24) is 24.5 Å². The van der Waals surface area contributed by atoms with Gasteiger partial charge in [-0.3, -0.25) is 9.55 Å². The van der Waals surface area contributed by atoms with E-state index in [0.29, 0.717) is 17.6 Å². The minimum atomic E-state index is 0.533. The molecule has 0 saturated carbocycles. The van der Waals surface area contributed by atoms with Crippen molar-refractivity contribution in [2.45, 2.75) is 0 Å². The standard InChI is InChI=1S/C38H21N5O2/c1-4-12-29-23(8-1)24-9-2-5-13-30(24)43(29)38-41-36(22-16-17-25-28-21-39-19-18-32(28)45-34(25)20-22)40-37(42-38)27-11-7-15-33-35(27)26-10-3-6-14-31(26)44-33/h1-21H. The number of para-hydroxylation sites is 3. The molecular formula is C38H21N5O2. The van der Waals surface area contributed by atoms with E-state index in [2.05, 4.69) is 58.1 Å². The average Bonchev–Trinajstić information content (AvgIpc) is 3.77. The Hall–Kier alpha value is -6.34. The van der Waals surface area contributed by atoms with Crippen LogP contribution in [0.25, 0.3) is 94.4 Å². The minimum Gasteiger partial charge on any atom is -0.456 e. The van der Waals surface area contributed by atoms with Crippen LogP contribution in [0, 0.1) is 0 Å². The monoisotopic (exact) mass is 579 g/mol. The number of aromatic nitrogens is 5. The predicted octanol–water partition coefficient (Wildman–Crippen LogP) is 9.50. The third-order valence-corrected chi connectivity index (χ3v) is 8.58. The lowest BCUT2D eigenvalue weighted by Gasteiger charge is -2.11. The fourth-order valence-electron chi connectivity index (χ4n) is 6.57. The Morgan fingerprint density at radius 3 is 2.02 bits per heavy atom. The molecule has 0 aliphatic heterocycles. The molecule has 7 heteroatoms. The fourth-order valence-corrected chi connectivity index (χ4v) is 6.57. The van der Waals surface area contributed by atoms with Gasteiger partial charge in [0.05, 0.1) is 11.0 Å². The SMILES string of the molecule is c1ccc2c(c1)oc1cccc(-c3nc(-c4ccc5c(c4)oc4ccncc45)nc(-n4c5ccccc5c5ccccc54)n3)c12. The number of furan rings is 2. The van der Waals surface area contributed by atoms with E-state index in [1.165, 1.54) is 0 Å². The van der Waals surface area contributed by atoms with E-state index in [-0.39, 0.29) is 0 Å². The molecule has 0 atom stereocenters. The Kier molecular flexibility index (Phi) is 4.87. The van der Waals surface area contributed by atoms with Crippen LogP contribution in [-0.4, -0.2) is 24.5 Å². The second-order valence-corrected chi connectivity index (χ2v) is 11.1. The third kappa shape index (κ3) is 3.52. The van der Waals surface area contributed by atoms with Crippen molar-refractivity contribution in [3.05, 3.63) is 128 Å². The molecule has 7 nitrogen and oxygen atoms in total. The van der Waals surface area contributed by atoms with Gasteiger partial charge in [0.2, 0.25) is 5.95 Å². The minimum absolute atomic E-state index is 0.533. The van der Waals surface area contributed by atoms with Crippen LogP contribution in [0.1, 0.15) is 0 Å². The largest absolute Gasteiger partial charge is 0.456 e. The summed E-state index contributed by atoms with van der Waals surface area (Å²) >= 11 is 0. The highest BCUT2D eigenvalue weighted by Crippen LogP contribution is 2.38. The molecule has 0 fully saturated rings. The quantitative estimate of drug-likeness (QED) is 0.207. The second kappa shape index (κ2) is 9.08. The zero-order valence-electron chi connectivity index (χ0n) is 23.7. The van der Waals surface area contributed by atoms with Gasteiger partial charge < -0.3 is 8.83 Å². The van der Waals surface area contributed by atoms with E-state index in [0.717, 1.165) is 76.8 Å². The summed E-state index contributed by atoms with van der Waals surface area (Å²) in [6.45, 7) is 0. The number of hydrogen-bond donors (Lipinski definition) is 0. The topological polar surface area (TPSA) is 82.8 Å². The van der Waals surface area contributed by atoms with Crippen molar-refractivity contribution < 1.29 is 8.83 Å². The van der Waals surface area contributed by atoms with E-state index in [9.17, 15) is 0 Å². The van der Waals surface area contributed by atoms with Crippen LogP contribution in [0.3, 0.4) is 0 Å². The highest BCUT2D eigenvalue weighted by Gasteiger charge is 2.20. The molecule has 0 bridgehead atoms. The molecule has 0 amide bonds. The van der Waals surface area contributed by atoms with Crippen molar-refractivity contribution >= 4 is 65.7 Å². The molecule has 5 aromatic heterocycles. The molecule has 45 heavy (non-hydrogen) atoms. The summed E-state index contributed by atoms with van der Waals surface area (Å²) in [6, 6.07) is 38.8. The predicted molar refractivity (Wildman–Crippen MR) is 177 cm³/mol. The van der Waals surface area contributed by atoms with Crippen LogP contribution in [-0.2, 0) is 0 Å². The Balaban J connectivity index is 1.29. The zero-order chi connectivity index (χ0) is 29.5. The maximum absolute atomic E-state index is 6.23. The summed E-state index contributed by atoms with van der Waals surface area (Å²) in [5.74, 6) is 1.64. The molecule has 5 heterocycles. The fraction of sp³-hybridized carbons (Fsp3) is 0. The van der Waals surface area contributed by atoms with Crippen molar-refractivity contribution in [2.75, 3.05) is 0 Å². The van der Waals surface area contributed by atoms with Gasteiger partial charge in [-0.2, -0.15) is 9.97 Å². The summed E-state index contributed by atoms with van der Waals surface area (Å²) in [5.41, 5.74) is 6.89. The van der Waals surface area contributed by atoms with Gasteiger partial charge in [0.25, 0.3) is 0 Å². The van der Waals surface area contributed by atoms with Gasteiger partial charge in [0.1, 0.15) is 22.3 Å². The second-order valence-electron chi connectivity index (χ2n) is 11.1. The third-order valence-electron chi connectivity index (χ3n) is 8.58. The van der Waals surface area contributed by atoms with Crippen molar-refractivity contribution in [1.29, 1.82) is 0 Å². The van der Waals surface area contributed by atoms with Gasteiger partial charge in [-0.15, -0.1) is 0 Å². The van der Waals surface area contributed by atoms with E-state index in [1.807, 2.05) is 72.9 Å². The van der Waals surface area contributed by atoms with E-state index < -0.39 is 0 Å². The number of benzene rings is 5. The van der Waals surface area contributed by atoms with Crippen molar-refractivity contribution in [2.24, 2.45) is 0 Å². The summed E-state index contributed by atoms with van der Waals surface area (Å²) in [5, 5.41) is 6.22. The first-order valence-electron chi connectivity index (χ1n) is 14.7. The number of rotatable bonds is 3. The molecule has 0 N–H and O–H groups in total. The lowest BCUT2D eigenvalue weighted by Crippen LogP contribution is -2.06. The van der Waals surface area contributed by atoms with Gasteiger partial charge in [0, 0.05) is 55.8 Å². The highest BCUT2D eigenvalue weighted by atomic mass is 16.3. The number of nitrogens with zero attached hydrogens (tertiary/aromatic N) is 5. The maximum atomic E-state index is 6.23. The van der Waals surface area contributed by atoms with Crippen molar-refractivity contribution in [3.63, 3.8) is 0 Å². The van der Waals surface area contributed by atoms with Crippen LogP contribution in [0.15, 0.2) is 136 Å². The Morgan fingerprint density at radius 2 is 1.18 bits per heavy atom. The lowest BCUT2D eigenvalue weighted by molar-refractivity contribution is 0.668. The highest BCUT2D eigenvalue weighted by molar-refractivity contribution is 6.12. The lowest BCUT2D eigenvalue weighted by atomic mass is 10.1. The molecular weight excluding hydrogens is 558 g/mol. The van der Waals surface area contributed by atoms with Gasteiger partial charge in [-0.25, -0.2) is 4.98 Å². The van der Waals surface area contributed by atoms with Crippen LogP contribution in [0.5, 0.6) is 0 Å². The molecule has 0 aliphatic rings. The smallest absolute Gasteiger partial charge is 0.238 e. The average molecular weight is 580 g/mol. The molecule has 10 rings (SSSR count). The number of hydrogen-bond acceptors (Lipinski definition) is 6. The maximum Gasteiger partial charge on any atom is 0.238 e. The van der Waals surface area contributed by atoms with Gasteiger partial charge in [-0.1, -0.05) is 72.8 Å². The Morgan fingerprint density at radius 1 is 0.489 bits per heavy atom. The van der Waals surface area contributed by atoms with Crippen LogP contribution >= 0.6 is 0 Å². The number of pyridine rings is 1. The Bertz CT molecular complexity index is 2740.